The second-order valence-electron chi connectivity index (χ2n) is 5.19. The van der Waals surface area contributed by atoms with Crippen molar-refractivity contribution in [3.63, 3.8) is 0 Å². The molecule has 0 bridgehead atoms. The Morgan fingerprint density at radius 3 is 2.79 bits per heavy atom. The second kappa shape index (κ2) is 6.02. The molecule has 0 radical (unpaired) electrons. The Kier molecular flexibility index (Phi) is 4.59. The summed E-state index contributed by atoms with van der Waals surface area (Å²) in [5.74, 6) is 0.393. The average molecular weight is 287 g/mol. The van der Waals surface area contributed by atoms with Crippen molar-refractivity contribution < 1.29 is 13.5 Å². The minimum Gasteiger partial charge on any atom is -0.392 e. The van der Waals surface area contributed by atoms with Crippen LogP contribution in [0.25, 0.3) is 0 Å². The molecule has 1 saturated carbocycles. The van der Waals surface area contributed by atoms with E-state index in [1.54, 1.807) is 0 Å². The van der Waals surface area contributed by atoms with Crippen molar-refractivity contribution in [2.75, 3.05) is 0 Å². The smallest absolute Gasteiger partial charge is 0.258 e. The van der Waals surface area contributed by atoms with Gasteiger partial charge in [-0.1, -0.05) is 19.3 Å². The average Bonchev–Trinajstić information content (AvgIpc) is 2.88. The van der Waals surface area contributed by atoms with Gasteiger partial charge in [-0.05, 0) is 25.7 Å². The highest BCUT2D eigenvalue weighted by molar-refractivity contribution is 7.89. The Balaban J connectivity index is 2.08. The molecule has 6 nitrogen and oxygen atoms in total. The number of nitrogens with one attached hydrogen (secondary N) is 2. The van der Waals surface area contributed by atoms with Gasteiger partial charge >= 0.3 is 0 Å². The quantitative estimate of drug-likeness (QED) is 0.757. The van der Waals surface area contributed by atoms with E-state index >= 15 is 0 Å². The molecule has 108 valence electrons. The maximum atomic E-state index is 12.2. The summed E-state index contributed by atoms with van der Waals surface area (Å²) >= 11 is 0. The largest absolute Gasteiger partial charge is 0.392 e. The molecule has 2 rings (SSSR count). The van der Waals surface area contributed by atoms with Crippen LogP contribution in [-0.4, -0.2) is 29.8 Å². The van der Waals surface area contributed by atoms with E-state index < -0.39 is 10.0 Å². The fourth-order valence-corrected chi connectivity index (χ4v) is 4.11. The van der Waals surface area contributed by atoms with Gasteiger partial charge in [0.2, 0.25) is 0 Å². The first kappa shape index (κ1) is 14.5. The highest BCUT2D eigenvalue weighted by Gasteiger charge is 2.27. The maximum absolute atomic E-state index is 12.2. The lowest BCUT2D eigenvalue weighted by Gasteiger charge is -2.27. The molecule has 0 spiro atoms. The molecule has 1 heterocycles. The molecule has 1 unspecified atom stereocenters. The lowest BCUT2D eigenvalue weighted by atomic mass is 9.85. The van der Waals surface area contributed by atoms with Crippen molar-refractivity contribution in [3.05, 3.63) is 11.8 Å². The van der Waals surface area contributed by atoms with E-state index in [2.05, 4.69) is 14.9 Å². The lowest BCUT2D eigenvalue weighted by molar-refractivity contribution is 0.278. The van der Waals surface area contributed by atoms with Crippen LogP contribution in [0.2, 0.25) is 0 Å². The number of nitrogens with zero attached hydrogens (tertiary/aromatic N) is 1. The fourth-order valence-electron chi connectivity index (χ4n) is 2.68. The van der Waals surface area contributed by atoms with E-state index in [1.807, 2.05) is 6.92 Å². The number of H-pyrrole nitrogens is 1. The van der Waals surface area contributed by atoms with Gasteiger partial charge in [-0.3, -0.25) is 5.10 Å². The summed E-state index contributed by atoms with van der Waals surface area (Å²) in [6.45, 7) is 1.56. The third kappa shape index (κ3) is 3.34. The molecule has 0 aromatic carbocycles. The van der Waals surface area contributed by atoms with E-state index in [0.717, 1.165) is 12.8 Å². The topological polar surface area (TPSA) is 95.1 Å². The Bertz CT molecular complexity index is 506. The fraction of sp³-hybridized carbons (Fsp3) is 0.750. The van der Waals surface area contributed by atoms with Crippen molar-refractivity contribution in [1.29, 1.82) is 0 Å². The number of sulfonamides is 1. The van der Waals surface area contributed by atoms with Gasteiger partial charge < -0.3 is 5.11 Å². The molecule has 0 amide bonds. The summed E-state index contributed by atoms with van der Waals surface area (Å²) in [6, 6.07) is -0.0971. The zero-order valence-electron chi connectivity index (χ0n) is 11.1. The van der Waals surface area contributed by atoms with Crippen LogP contribution >= 0.6 is 0 Å². The highest BCUT2D eigenvalue weighted by atomic mass is 32.2. The molecule has 1 aromatic heterocycles. The normalized spacial score (nSPS) is 19.5. The molecule has 0 aliphatic heterocycles. The minimum absolute atomic E-state index is 0.0299. The van der Waals surface area contributed by atoms with Crippen LogP contribution in [0.15, 0.2) is 11.2 Å². The molecule has 0 saturated heterocycles. The van der Waals surface area contributed by atoms with Crippen LogP contribution in [0.5, 0.6) is 0 Å². The monoisotopic (exact) mass is 287 g/mol. The molecule has 1 aliphatic carbocycles. The van der Waals surface area contributed by atoms with Crippen molar-refractivity contribution in [1.82, 2.24) is 14.9 Å². The van der Waals surface area contributed by atoms with Gasteiger partial charge in [-0.15, -0.1) is 0 Å². The van der Waals surface area contributed by atoms with Crippen molar-refractivity contribution >= 4 is 10.0 Å². The number of rotatable bonds is 5. The number of aliphatic hydroxyl groups is 1. The Hall–Kier alpha value is -0.920. The minimum atomic E-state index is -3.64. The van der Waals surface area contributed by atoms with Crippen molar-refractivity contribution in [2.45, 2.75) is 56.7 Å². The summed E-state index contributed by atoms with van der Waals surface area (Å²) in [7, 11) is -3.64. The zero-order chi connectivity index (χ0) is 13.9. The predicted molar refractivity (Wildman–Crippen MR) is 70.9 cm³/mol. The third-order valence-corrected chi connectivity index (χ3v) is 5.39. The Morgan fingerprint density at radius 2 is 2.16 bits per heavy atom. The second-order valence-corrected chi connectivity index (χ2v) is 6.84. The van der Waals surface area contributed by atoms with Crippen LogP contribution < -0.4 is 4.72 Å². The highest BCUT2D eigenvalue weighted by Crippen LogP contribution is 2.27. The first-order valence-corrected chi connectivity index (χ1v) is 8.18. The van der Waals surface area contributed by atoms with Crippen molar-refractivity contribution in [2.24, 2.45) is 5.92 Å². The molecule has 1 atom stereocenters. The summed E-state index contributed by atoms with van der Waals surface area (Å²) in [5.41, 5.74) is 0.295. The van der Waals surface area contributed by atoms with Gasteiger partial charge in [0.25, 0.3) is 10.0 Å². The van der Waals surface area contributed by atoms with E-state index in [-0.39, 0.29) is 17.7 Å². The van der Waals surface area contributed by atoms with Crippen LogP contribution in [0, 0.1) is 5.92 Å². The lowest BCUT2D eigenvalue weighted by Crippen LogP contribution is -2.39. The number of hydrogen-bond donors (Lipinski definition) is 3. The van der Waals surface area contributed by atoms with E-state index in [9.17, 15) is 8.42 Å². The molecule has 1 fully saturated rings. The van der Waals surface area contributed by atoms with Crippen molar-refractivity contribution in [3.8, 4) is 0 Å². The Labute approximate surface area is 113 Å². The van der Waals surface area contributed by atoms with Gasteiger partial charge in [0, 0.05) is 11.6 Å². The summed E-state index contributed by atoms with van der Waals surface area (Å²) in [5, 5.41) is 15.2. The van der Waals surface area contributed by atoms with Gasteiger partial charge in [0.15, 0.2) is 5.03 Å². The molecule has 19 heavy (non-hydrogen) atoms. The summed E-state index contributed by atoms with van der Waals surface area (Å²) in [4.78, 5) is 0. The van der Waals surface area contributed by atoms with Crippen LogP contribution in [0.3, 0.4) is 0 Å². The van der Waals surface area contributed by atoms with Gasteiger partial charge in [0.05, 0.1) is 12.8 Å². The molecule has 1 aromatic rings. The van der Waals surface area contributed by atoms with E-state index in [4.69, 9.17) is 5.11 Å². The SMILES string of the molecule is CC(NS(=O)(=O)c1[nH]ncc1CO)C1CCCCC1. The molecular formula is C12H21N3O3S. The van der Waals surface area contributed by atoms with Gasteiger partial charge in [0.1, 0.15) is 0 Å². The third-order valence-electron chi connectivity index (χ3n) is 3.82. The number of aliphatic hydroxyl groups excluding tert-OH is 1. The van der Waals surface area contributed by atoms with E-state index in [1.165, 1.54) is 25.5 Å². The predicted octanol–water partition coefficient (Wildman–Crippen LogP) is 1.15. The standard InChI is InChI=1S/C12H21N3O3S/c1-9(10-5-3-2-4-6-10)15-19(17,18)12-11(8-16)7-13-14-12/h7,9-10,15-16H,2-6,8H2,1H3,(H,13,14). The first-order valence-electron chi connectivity index (χ1n) is 6.70. The van der Waals surface area contributed by atoms with Crippen LogP contribution in [0.4, 0.5) is 0 Å². The summed E-state index contributed by atoms with van der Waals surface area (Å²) < 4.78 is 27.2. The summed E-state index contributed by atoms with van der Waals surface area (Å²) in [6.07, 6.45) is 7.05. The number of hydrogen-bond acceptors (Lipinski definition) is 4. The number of aromatic amines is 1. The maximum Gasteiger partial charge on any atom is 0.258 e. The molecular weight excluding hydrogens is 266 g/mol. The van der Waals surface area contributed by atoms with E-state index in [0.29, 0.717) is 11.5 Å². The zero-order valence-corrected chi connectivity index (χ0v) is 11.9. The first-order chi connectivity index (χ1) is 9.04. The molecule has 3 N–H and O–H groups in total. The Morgan fingerprint density at radius 1 is 1.47 bits per heavy atom. The van der Waals surface area contributed by atoms with Gasteiger partial charge in [-0.25, -0.2) is 13.1 Å². The number of aromatic nitrogens is 2. The van der Waals surface area contributed by atoms with Gasteiger partial charge in [-0.2, -0.15) is 5.10 Å². The molecule has 7 heteroatoms. The molecule has 1 aliphatic rings. The van der Waals surface area contributed by atoms with Crippen LogP contribution in [-0.2, 0) is 16.6 Å². The van der Waals surface area contributed by atoms with Crippen LogP contribution in [0.1, 0.15) is 44.6 Å².